The Morgan fingerprint density at radius 2 is 2.46 bits per heavy atom. The molecule has 0 N–H and O–H groups in total. The van der Waals surface area contributed by atoms with Crippen LogP contribution in [0.3, 0.4) is 0 Å². The molecular weight excluding hydrogens is 184 g/mol. The van der Waals surface area contributed by atoms with Gasteiger partial charge in [0.25, 0.3) is 0 Å². The molecule has 0 spiro atoms. The van der Waals surface area contributed by atoms with Crippen molar-refractivity contribution in [2.45, 2.75) is 30.5 Å². The summed E-state index contributed by atoms with van der Waals surface area (Å²) in [6.45, 7) is 3.63. The number of carbonyl (C=O) groups is 1. The van der Waals surface area contributed by atoms with E-state index in [1.165, 1.54) is 6.33 Å². The number of carbonyl (C=O) groups excluding carboxylic acids is 1. The molecule has 0 aliphatic heterocycles. The second kappa shape index (κ2) is 4.97. The Hall–Kier alpha value is -0.900. The first-order chi connectivity index (χ1) is 6.18. The summed E-state index contributed by atoms with van der Waals surface area (Å²) in [4.78, 5) is 18.7. The second-order valence-electron chi connectivity index (χ2n) is 2.88. The summed E-state index contributed by atoms with van der Waals surface area (Å²) in [6.07, 6.45) is 3.81. The number of hydrogen-bond acceptors (Lipinski definition) is 4. The Morgan fingerprint density at radius 1 is 1.69 bits per heavy atom. The third kappa shape index (κ3) is 4.03. The van der Waals surface area contributed by atoms with Gasteiger partial charge < -0.3 is 0 Å². The molecule has 13 heavy (non-hydrogen) atoms. The monoisotopic (exact) mass is 196 g/mol. The van der Waals surface area contributed by atoms with Crippen LogP contribution in [0.4, 0.5) is 0 Å². The number of hydrogen-bond donors (Lipinski definition) is 0. The average molecular weight is 196 g/mol. The fraction of sp³-hybridized carbons (Fsp3) is 0.444. The quantitative estimate of drug-likeness (QED) is 0.545. The summed E-state index contributed by atoms with van der Waals surface area (Å²) in [5, 5.41) is 1.20. The van der Waals surface area contributed by atoms with E-state index in [-0.39, 0.29) is 11.0 Å². The Labute approximate surface area is 82.0 Å². The van der Waals surface area contributed by atoms with Gasteiger partial charge in [-0.05, 0) is 13.0 Å². The van der Waals surface area contributed by atoms with Gasteiger partial charge in [0, 0.05) is 17.9 Å². The number of Topliss-reactive ketones (excluding diaryl/α,β-unsaturated/α-hetero) is 1. The highest BCUT2D eigenvalue weighted by molar-refractivity contribution is 7.99. The van der Waals surface area contributed by atoms with Gasteiger partial charge in [-0.25, -0.2) is 9.97 Å². The lowest BCUT2D eigenvalue weighted by atomic mass is 10.2. The van der Waals surface area contributed by atoms with E-state index < -0.39 is 0 Å². The minimum Gasteiger partial charge on any atom is -0.300 e. The van der Waals surface area contributed by atoms with Crippen LogP contribution < -0.4 is 0 Å². The van der Waals surface area contributed by atoms with Crippen LogP contribution in [-0.2, 0) is 4.79 Å². The average Bonchev–Trinajstić information content (AvgIpc) is 2.04. The molecule has 0 fully saturated rings. The molecule has 1 aromatic heterocycles. The first-order valence-electron chi connectivity index (χ1n) is 4.10. The molecule has 0 aliphatic rings. The van der Waals surface area contributed by atoms with Crippen LogP contribution in [0.2, 0.25) is 0 Å². The van der Waals surface area contributed by atoms with Crippen molar-refractivity contribution < 1.29 is 4.79 Å². The highest BCUT2D eigenvalue weighted by Gasteiger charge is 2.07. The van der Waals surface area contributed by atoms with E-state index in [1.54, 1.807) is 24.9 Å². The normalized spacial score (nSPS) is 12.5. The van der Waals surface area contributed by atoms with Crippen molar-refractivity contribution >= 4 is 17.5 Å². The molecule has 0 amide bonds. The summed E-state index contributed by atoms with van der Waals surface area (Å²) < 4.78 is 0. The maximum atomic E-state index is 10.8. The third-order valence-electron chi connectivity index (χ3n) is 1.45. The number of aromatic nitrogens is 2. The first kappa shape index (κ1) is 10.2. The van der Waals surface area contributed by atoms with E-state index in [0.29, 0.717) is 6.42 Å². The van der Waals surface area contributed by atoms with Crippen molar-refractivity contribution in [2.24, 2.45) is 0 Å². The zero-order valence-corrected chi connectivity index (χ0v) is 8.54. The highest BCUT2D eigenvalue weighted by atomic mass is 32.2. The fourth-order valence-corrected chi connectivity index (χ4v) is 1.98. The maximum Gasteiger partial charge on any atom is 0.130 e. The maximum absolute atomic E-state index is 10.8. The van der Waals surface area contributed by atoms with Crippen LogP contribution in [0, 0.1) is 0 Å². The van der Waals surface area contributed by atoms with Crippen LogP contribution >= 0.6 is 11.8 Å². The van der Waals surface area contributed by atoms with Crippen molar-refractivity contribution in [3.8, 4) is 0 Å². The number of ketones is 1. The lowest BCUT2D eigenvalue weighted by Gasteiger charge is -2.06. The van der Waals surface area contributed by atoms with Gasteiger partial charge in [0.05, 0.1) is 5.03 Å². The van der Waals surface area contributed by atoms with Crippen molar-refractivity contribution in [2.75, 3.05) is 0 Å². The van der Waals surface area contributed by atoms with Crippen molar-refractivity contribution in [1.82, 2.24) is 9.97 Å². The molecule has 3 nitrogen and oxygen atoms in total. The number of rotatable bonds is 4. The molecule has 1 atom stereocenters. The van der Waals surface area contributed by atoms with Crippen molar-refractivity contribution in [3.63, 3.8) is 0 Å². The van der Waals surface area contributed by atoms with Gasteiger partial charge >= 0.3 is 0 Å². The van der Waals surface area contributed by atoms with Gasteiger partial charge in [-0.15, -0.1) is 11.8 Å². The Morgan fingerprint density at radius 3 is 3.00 bits per heavy atom. The zero-order chi connectivity index (χ0) is 9.68. The van der Waals surface area contributed by atoms with Gasteiger partial charge in [0.2, 0.25) is 0 Å². The zero-order valence-electron chi connectivity index (χ0n) is 7.73. The molecule has 0 saturated carbocycles. The Bertz CT molecular complexity index is 276. The van der Waals surface area contributed by atoms with E-state index in [9.17, 15) is 4.79 Å². The third-order valence-corrected chi connectivity index (χ3v) is 2.50. The summed E-state index contributed by atoms with van der Waals surface area (Å²) in [6, 6.07) is 1.85. The predicted octanol–water partition coefficient (Wildman–Crippen LogP) is 1.94. The summed E-state index contributed by atoms with van der Waals surface area (Å²) in [7, 11) is 0. The molecule has 0 bridgehead atoms. The van der Waals surface area contributed by atoms with Crippen LogP contribution in [0.25, 0.3) is 0 Å². The number of thioether (sulfide) groups is 1. The Kier molecular flexibility index (Phi) is 3.89. The minimum atomic E-state index is 0.217. The topological polar surface area (TPSA) is 42.9 Å². The fourth-order valence-electron chi connectivity index (χ4n) is 1.00. The SMILES string of the molecule is CC(=O)CC(C)Sc1ccncn1. The largest absolute Gasteiger partial charge is 0.300 e. The van der Waals surface area contributed by atoms with E-state index in [1.807, 2.05) is 13.0 Å². The lowest BCUT2D eigenvalue weighted by Crippen LogP contribution is -2.03. The van der Waals surface area contributed by atoms with Crippen LogP contribution in [0.15, 0.2) is 23.6 Å². The summed E-state index contributed by atoms with van der Waals surface area (Å²) in [5.74, 6) is 0.217. The first-order valence-corrected chi connectivity index (χ1v) is 4.98. The molecule has 1 heterocycles. The van der Waals surface area contributed by atoms with Gasteiger partial charge in [0.1, 0.15) is 12.1 Å². The van der Waals surface area contributed by atoms with E-state index in [2.05, 4.69) is 9.97 Å². The van der Waals surface area contributed by atoms with Crippen LogP contribution in [0.1, 0.15) is 20.3 Å². The molecule has 0 aromatic carbocycles. The highest BCUT2D eigenvalue weighted by Crippen LogP contribution is 2.22. The molecule has 0 saturated heterocycles. The molecule has 70 valence electrons. The standard InChI is InChI=1S/C9H12N2OS/c1-7(12)5-8(2)13-9-3-4-10-6-11-9/h3-4,6,8H,5H2,1-2H3. The molecule has 0 radical (unpaired) electrons. The van der Waals surface area contributed by atoms with Crippen molar-refractivity contribution in [3.05, 3.63) is 18.6 Å². The molecule has 0 aliphatic carbocycles. The Balaban J connectivity index is 2.45. The van der Waals surface area contributed by atoms with Crippen LogP contribution in [-0.4, -0.2) is 21.0 Å². The minimum absolute atomic E-state index is 0.217. The van der Waals surface area contributed by atoms with Crippen LogP contribution in [0.5, 0.6) is 0 Å². The van der Waals surface area contributed by atoms with E-state index >= 15 is 0 Å². The van der Waals surface area contributed by atoms with Gasteiger partial charge in [-0.3, -0.25) is 4.79 Å². The molecule has 4 heteroatoms. The van der Waals surface area contributed by atoms with Crippen molar-refractivity contribution in [1.29, 1.82) is 0 Å². The molecule has 1 unspecified atom stereocenters. The predicted molar refractivity (Wildman–Crippen MR) is 52.6 cm³/mol. The molecule has 1 aromatic rings. The van der Waals surface area contributed by atoms with E-state index in [4.69, 9.17) is 0 Å². The van der Waals surface area contributed by atoms with Gasteiger partial charge in [-0.2, -0.15) is 0 Å². The molecular formula is C9H12N2OS. The van der Waals surface area contributed by atoms with Gasteiger partial charge in [0.15, 0.2) is 0 Å². The lowest BCUT2D eigenvalue weighted by molar-refractivity contribution is -0.116. The number of nitrogens with zero attached hydrogens (tertiary/aromatic N) is 2. The van der Waals surface area contributed by atoms with E-state index in [0.717, 1.165) is 5.03 Å². The summed E-state index contributed by atoms with van der Waals surface area (Å²) in [5.41, 5.74) is 0. The second-order valence-corrected chi connectivity index (χ2v) is 4.34. The molecule has 1 rings (SSSR count). The smallest absolute Gasteiger partial charge is 0.130 e. The summed E-state index contributed by atoms with van der Waals surface area (Å²) >= 11 is 1.60. The van der Waals surface area contributed by atoms with Gasteiger partial charge in [-0.1, -0.05) is 6.92 Å².